The highest BCUT2D eigenvalue weighted by molar-refractivity contribution is 5.92. The lowest BCUT2D eigenvalue weighted by molar-refractivity contribution is -0.116. The fourth-order valence-electron chi connectivity index (χ4n) is 2.44. The van der Waals surface area contributed by atoms with E-state index in [0.29, 0.717) is 18.2 Å². The molecule has 1 aromatic carbocycles. The number of rotatable bonds is 5. The Morgan fingerprint density at radius 2 is 2.30 bits per heavy atom. The van der Waals surface area contributed by atoms with Crippen LogP contribution >= 0.6 is 12.4 Å². The molecule has 1 aliphatic rings. The molecule has 0 radical (unpaired) electrons. The monoisotopic (exact) mass is 298 g/mol. The molecule has 1 amide bonds. The van der Waals surface area contributed by atoms with Crippen LogP contribution in [0.2, 0.25) is 0 Å². The Kier molecular flexibility index (Phi) is 6.82. The first kappa shape index (κ1) is 16.8. The molecule has 0 spiro atoms. The van der Waals surface area contributed by atoms with Crippen LogP contribution < -0.4 is 15.4 Å². The average molecular weight is 299 g/mol. The summed E-state index contributed by atoms with van der Waals surface area (Å²) in [6.45, 7) is 3.08. The van der Waals surface area contributed by atoms with E-state index in [4.69, 9.17) is 4.74 Å². The largest absolute Gasteiger partial charge is 0.495 e. The Labute approximate surface area is 126 Å². The Balaban J connectivity index is 0.00000200. The van der Waals surface area contributed by atoms with E-state index in [2.05, 4.69) is 10.6 Å². The number of carbonyl (C=O) groups excluding carboxylic acids is 1. The van der Waals surface area contributed by atoms with Crippen molar-refractivity contribution in [3.05, 3.63) is 23.8 Å². The molecular formula is C15H23ClN2O2. The van der Waals surface area contributed by atoms with Gasteiger partial charge in [-0.15, -0.1) is 12.4 Å². The summed E-state index contributed by atoms with van der Waals surface area (Å²) in [7, 11) is 1.61. The number of halogens is 1. The maximum absolute atomic E-state index is 12.0. The first-order valence-corrected chi connectivity index (χ1v) is 6.87. The van der Waals surface area contributed by atoms with Crippen LogP contribution in [0.5, 0.6) is 5.75 Å². The Morgan fingerprint density at radius 1 is 1.50 bits per heavy atom. The summed E-state index contributed by atoms with van der Waals surface area (Å²) in [5.41, 5.74) is 1.86. The van der Waals surface area contributed by atoms with Crippen LogP contribution in [-0.2, 0) is 4.79 Å². The number of ether oxygens (including phenoxy) is 1. The molecule has 2 rings (SSSR count). The van der Waals surface area contributed by atoms with Crippen LogP contribution in [0.3, 0.4) is 0 Å². The van der Waals surface area contributed by atoms with Gasteiger partial charge in [-0.05, 0) is 50.4 Å². The van der Waals surface area contributed by atoms with Crippen molar-refractivity contribution < 1.29 is 9.53 Å². The first-order chi connectivity index (χ1) is 9.19. The van der Waals surface area contributed by atoms with Crippen molar-refractivity contribution in [2.45, 2.75) is 38.6 Å². The van der Waals surface area contributed by atoms with E-state index >= 15 is 0 Å². The van der Waals surface area contributed by atoms with Crippen molar-refractivity contribution in [1.82, 2.24) is 5.32 Å². The third kappa shape index (κ3) is 4.69. The second kappa shape index (κ2) is 8.12. The van der Waals surface area contributed by atoms with Crippen molar-refractivity contribution in [3.8, 4) is 5.75 Å². The van der Waals surface area contributed by atoms with Crippen molar-refractivity contribution in [2.75, 3.05) is 19.0 Å². The van der Waals surface area contributed by atoms with Gasteiger partial charge in [-0.1, -0.05) is 6.07 Å². The lowest BCUT2D eigenvalue weighted by atomic mass is 10.1. The van der Waals surface area contributed by atoms with E-state index in [1.807, 2.05) is 25.1 Å². The number of hydrogen-bond donors (Lipinski definition) is 2. The fourth-order valence-corrected chi connectivity index (χ4v) is 2.44. The molecule has 1 fully saturated rings. The van der Waals surface area contributed by atoms with Crippen molar-refractivity contribution in [1.29, 1.82) is 0 Å². The summed E-state index contributed by atoms with van der Waals surface area (Å²) >= 11 is 0. The third-order valence-electron chi connectivity index (χ3n) is 3.51. The Bertz CT molecular complexity index is 445. The van der Waals surface area contributed by atoms with Gasteiger partial charge in [0.1, 0.15) is 5.75 Å². The van der Waals surface area contributed by atoms with Crippen LogP contribution in [0.1, 0.15) is 31.2 Å². The molecule has 112 valence electrons. The van der Waals surface area contributed by atoms with Gasteiger partial charge in [-0.3, -0.25) is 4.79 Å². The minimum atomic E-state index is 0. The second-order valence-corrected chi connectivity index (χ2v) is 5.08. The van der Waals surface area contributed by atoms with Gasteiger partial charge >= 0.3 is 0 Å². The number of anilines is 1. The average Bonchev–Trinajstić information content (AvgIpc) is 2.90. The highest BCUT2D eigenvalue weighted by atomic mass is 35.5. The van der Waals surface area contributed by atoms with Crippen LogP contribution in [0.4, 0.5) is 5.69 Å². The fraction of sp³-hybridized carbons (Fsp3) is 0.533. The van der Waals surface area contributed by atoms with Gasteiger partial charge in [-0.25, -0.2) is 0 Å². The molecule has 0 saturated carbocycles. The quantitative estimate of drug-likeness (QED) is 0.879. The predicted molar refractivity (Wildman–Crippen MR) is 83.9 cm³/mol. The van der Waals surface area contributed by atoms with Gasteiger partial charge in [0.2, 0.25) is 5.91 Å². The summed E-state index contributed by atoms with van der Waals surface area (Å²) in [4.78, 5) is 12.0. The molecule has 1 heterocycles. The molecule has 4 nitrogen and oxygen atoms in total. The van der Waals surface area contributed by atoms with Crippen LogP contribution in [0.25, 0.3) is 0 Å². The number of amides is 1. The lowest BCUT2D eigenvalue weighted by Crippen LogP contribution is -2.23. The van der Waals surface area contributed by atoms with Crippen molar-refractivity contribution in [3.63, 3.8) is 0 Å². The van der Waals surface area contributed by atoms with Crippen LogP contribution in [-0.4, -0.2) is 25.6 Å². The number of aryl methyl sites for hydroxylation is 1. The molecule has 0 bridgehead atoms. The molecule has 1 unspecified atom stereocenters. The Morgan fingerprint density at radius 3 is 2.95 bits per heavy atom. The number of carbonyl (C=O) groups is 1. The molecule has 0 aliphatic carbocycles. The highest BCUT2D eigenvalue weighted by Crippen LogP contribution is 2.25. The Hall–Kier alpha value is -1.26. The maximum atomic E-state index is 12.0. The first-order valence-electron chi connectivity index (χ1n) is 6.87. The molecule has 1 atom stereocenters. The summed E-state index contributed by atoms with van der Waals surface area (Å²) < 4.78 is 5.25. The van der Waals surface area contributed by atoms with E-state index < -0.39 is 0 Å². The zero-order valence-corrected chi connectivity index (χ0v) is 12.9. The van der Waals surface area contributed by atoms with Crippen molar-refractivity contribution >= 4 is 24.0 Å². The number of methoxy groups -OCH3 is 1. The molecule has 1 saturated heterocycles. The third-order valence-corrected chi connectivity index (χ3v) is 3.51. The lowest BCUT2D eigenvalue weighted by Gasteiger charge is -2.12. The summed E-state index contributed by atoms with van der Waals surface area (Å²) in [6.07, 6.45) is 3.85. The molecule has 1 aromatic rings. The topological polar surface area (TPSA) is 50.4 Å². The predicted octanol–water partition coefficient (Wildman–Crippen LogP) is 2.90. The molecule has 5 heteroatoms. The van der Waals surface area contributed by atoms with Crippen LogP contribution in [0.15, 0.2) is 18.2 Å². The molecule has 2 N–H and O–H groups in total. The molecule has 0 aromatic heterocycles. The van der Waals surface area contributed by atoms with Gasteiger partial charge in [-0.2, -0.15) is 0 Å². The highest BCUT2D eigenvalue weighted by Gasteiger charge is 2.15. The number of benzene rings is 1. The van der Waals surface area contributed by atoms with E-state index in [1.165, 1.54) is 12.8 Å². The van der Waals surface area contributed by atoms with Gasteiger partial charge < -0.3 is 15.4 Å². The van der Waals surface area contributed by atoms with E-state index in [9.17, 15) is 4.79 Å². The minimum Gasteiger partial charge on any atom is -0.495 e. The maximum Gasteiger partial charge on any atom is 0.224 e. The number of hydrogen-bond acceptors (Lipinski definition) is 3. The van der Waals surface area contributed by atoms with Gasteiger partial charge in [0.05, 0.1) is 12.8 Å². The molecule has 1 aliphatic heterocycles. The smallest absolute Gasteiger partial charge is 0.224 e. The zero-order chi connectivity index (χ0) is 13.7. The molecule has 20 heavy (non-hydrogen) atoms. The van der Waals surface area contributed by atoms with E-state index in [-0.39, 0.29) is 18.3 Å². The van der Waals surface area contributed by atoms with Gasteiger partial charge in [0, 0.05) is 12.5 Å². The summed E-state index contributed by atoms with van der Waals surface area (Å²) in [5, 5.41) is 6.34. The normalized spacial score (nSPS) is 17.4. The summed E-state index contributed by atoms with van der Waals surface area (Å²) in [6, 6.07) is 6.29. The summed E-state index contributed by atoms with van der Waals surface area (Å²) in [5.74, 6) is 0.760. The van der Waals surface area contributed by atoms with Gasteiger partial charge in [0.15, 0.2) is 0 Å². The second-order valence-electron chi connectivity index (χ2n) is 5.08. The minimum absolute atomic E-state index is 0. The number of nitrogens with one attached hydrogen (secondary N) is 2. The van der Waals surface area contributed by atoms with E-state index in [1.54, 1.807) is 7.11 Å². The van der Waals surface area contributed by atoms with Gasteiger partial charge in [0.25, 0.3) is 0 Å². The standard InChI is InChI=1S/C15H22N2O2.ClH/c1-11-5-7-14(19-2)13(10-11)17-15(18)8-6-12-4-3-9-16-12;/h5,7,10,12,16H,3-4,6,8-9H2,1-2H3,(H,17,18);1H. The zero-order valence-electron chi connectivity index (χ0n) is 12.1. The van der Waals surface area contributed by atoms with Crippen molar-refractivity contribution in [2.24, 2.45) is 0 Å². The SMILES string of the molecule is COc1ccc(C)cc1NC(=O)CCC1CCCN1.Cl. The molecular weight excluding hydrogens is 276 g/mol. The van der Waals surface area contributed by atoms with E-state index in [0.717, 1.165) is 24.2 Å². The van der Waals surface area contributed by atoms with Crippen LogP contribution in [0, 0.1) is 6.92 Å².